The first-order valence-electron chi connectivity index (χ1n) is 3.93. The van der Waals surface area contributed by atoms with Gasteiger partial charge in [0, 0.05) is 15.4 Å². The molecule has 0 radical (unpaired) electrons. The molecule has 0 aromatic heterocycles. The van der Waals surface area contributed by atoms with E-state index in [1.165, 1.54) is 0 Å². The molecule has 0 saturated carbocycles. The summed E-state index contributed by atoms with van der Waals surface area (Å²) in [6, 6.07) is 5.20. The van der Waals surface area contributed by atoms with Crippen LogP contribution in [0.5, 0.6) is 0 Å². The summed E-state index contributed by atoms with van der Waals surface area (Å²) in [4.78, 5) is 1.04. The monoisotopic (exact) mass is 216 g/mol. The van der Waals surface area contributed by atoms with Crippen molar-refractivity contribution in [3.8, 4) is 0 Å². The lowest BCUT2D eigenvalue weighted by Crippen LogP contribution is -2.30. The Labute approximate surface area is 87.1 Å². The Bertz CT molecular complexity index is 293. The molecule has 1 aromatic carbocycles. The largest absolute Gasteiger partial charge is 0.489 e. The molecule has 0 fully saturated rings. The number of rotatable bonds is 3. The summed E-state index contributed by atoms with van der Waals surface area (Å²) < 4.78 is 0. The summed E-state index contributed by atoms with van der Waals surface area (Å²) in [6.07, 6.45) is 0. The summed E-state index contributed by atoms with van der Waals surface area (Å²) >= 11 is 7.49. The van der Waals surface area contributed by atoms with E-state index < -0.39 is 7.12 Å². The van der Waals surface area contributed by atoms with Crippen molar-refractivity contribution < 1.29 is 10.0 Å². The van der Waals surface area contributed by atoms with E-state index in [1.54, 1.807) is 23.9 Å². The number of hydrogen-bond donors (Lipinski definition) is 2. The average Bonchev–Trinajstić information content (AvgIpc) is 2.04. The highest BCUT2D eigenvalue weighted by molar-refractivity contribution is 7.99. The summed E-state index contributed by atoms with van der Waals surface area (Å²) in [5.41, 5.74) is 0.349. The first-order valence-corrected chi connectivity index (χ1v) is 5.30. The van der Waals surface area contributed by atoms with Crippen LogP contribution in [-0.4, -0.2) is 22.9 Å². The van der Waals surface area contributed by atoms with Crippen LogP contribution in [0.15, 0.2) is 23.1 Å². The molecule has 0 bridgehead atoms. The van der Waals surface area contributed by atoms with E-state index in [2.05, 4.69) is 0 Å². The minimum Gasteiger partial charge on any atom is -0.423 e. The minimum absolute atomic E-state index is 0.349. The maximum atomic E-state index is 8.89. The van der Waals surface area contributed by atoms with Crippen molar-refractivity contribution in [3.05, 3.63) is 23.2 Å². The molecule has 1 rings (SSSR count). The van der Waals surface area contributed by atoms with Crippen LogP contribution in [0.3, 0.4) is 0 Å². The number of benzene rings is 1. The summed E-state index contributed by atoms with van der Waals surface area (Å²) in [7, 11) is -1.49. The molecular weight excluding hydrogens is 206 g/mol. The van der Waals surface area contributed by atoms with Crippen molar-refractivity contribution in [2.75, 3.05) is 5.75 Å². The Kier molecular flexibility index (Phi) is 4.13. The lowest BCUT2D eigenvalue weighted by molar-refractivity contribution is 0.426. The van der Waals surface area contributed by atoms with Crippen molar-refractivity contribution in [2.24, 2.45) is 0 Å². The molecule has 2 N–H and O–H groups in total. The van der Waals surface area contributed by atoms with E-state index in [-0.39, 0.29) is 0 Å². The molecule has 0 atom stereocenters. The highest BCUT2D eigenvalue weighted by atomic mass is 35.5. The van der Waals surface area contributed by atoms with Crippen LogP contribution in [0, 0.1) is 0 Å². The van der Waals surface area contributed by atoms with Crippen molar-refractivity contribution in [3.63, 3.8) is 0 Å². The fourth-order valence-corrected chi connectivity index (χ4v) is 2.02. The number of thioether (sulfide) groups is 1. The number of hydrogen-bond acceptors (Lipinski definition) is 3. The Hall–Kier alpha value is -0.155. The summed E-state index contributed by atoms with van der Waals surface area (Å²) in [5.74, 6) is 0.970. The molecule has 0 saturated heterocycles. The van der Waals surface area contributed by atoms with Crippen molar-refractivity contribution in [1.29, 1.82) is 0 Å². The zero-order valence-corrected chi connectivity index (χ0v) is 8.77. The van der Waals surface area contributed by atoms with Crippen LogP contribution < -0.4 is 5.46 Å². The fourth-order valence-electron chi connectivity index (χ4n) is 0.974. The van der Waals surface area contributed by atoms with E-state index in [9.17, 15) is 0 Å². The maximum Gasteiger partial charge on any atom is 0.489 e. The van der Waals surface area contributed by atoms with Crippen molar-refractivity contribution in [2.45, 2.75) is 11.8 Å². The van der Waals surface area contributed by atoms with Gasteiger partial charge in [0.1, 0.15) is 0 Å². The Morgan fingerprint density at radius 1 is 1.46 bits per heavy atom. The zero-order valence-electron chi connectivity index (χ0n) is 7.20. The van der Waals surface area contributed by atoms with Gasteiger partial charge < -0.3 is 10.0 Å². The van der Waals surface area contributed by atoms with E-state index >= 15 is 0 Å². The van der Waals surface area contributed by atoms with Gasteiger partial charge >= 0.3 is 7.12 Å². The van der Waals surface area contributed by atoms with Crippen LogP contribution in [-0.2, 0) is 0 Å². The molecule has 5 heteroatoms. The van der Waals surface area contributed by atoms with Gasteiger partial charge in [0.2, 0.25) is 0 Å². The SMILES string of the molecule is CCSc1ccc(B(O)O)c(Cl)c1. The molecule has 1 aromatic rings. The smallest absolute Gasteiger partial charge is 0.423 e. The van der Waals surface area contributed by atoms with E-state index in [4.69, 9.17) is 21.6 Å². The molecule has 0 amide bonds. The number of halogens is 1. The van der Waals surface area contributed by atoms with Gasteiger partial charge in [-0.05, 0) is 17.9 Å². The molecular formula is C8H10BClO2S. The molecule has 0 heterocycles. The standard InChI is InChI=1S/C8H10BClO2S/c1-2-13-6-3-4-7(9(11)12)8(10)5-6/h3-5,11-12H,2H2,1H3. The molecule has 70 valence electrons. The molecule has 0 aliphatic heterocycles. The highest BCUT2D eigenvalue weighted by Crippen LogP contribution is 2.20. The van der Waals surface area contributed by atoms with Crippen molar-refractivity contribution in [1.82, 2.24) is 0 Å². The predicted molar refractivity (Wildman–Crippen MR) is 57.7 cm³/mol. The fraction of sp³-hybridized carbons (Fsp3) is 0.250. The third-order valence-corrected chi connectivity index (χ3v) is 2.76. The Morgan fingerprint density at radius 3 is 2.62 bits per heavy atom. The molecule has 0 spiro atoms. The third kappa shape index (κ3) is 2.92. The second-order valence-corrected chi connectivity index (χ2v) is 4.23. The minimum atomic E-state index is -1.49. The normalized spacial score (nSPS) is 10.2. The maximum absolute atomic E-state index is 8.89. The van der Waals surface area contributed by atoms with Gasteiger partial charge in [-0.25, -0.2) is 0 Å². The second kappa shape index (κ2) is 4.91. The van der Waals surface area contributed by atoms with Crippen LogP contribution >= 0.6 is 23.4 Å². The first-order chi connectivity index (χ1) is 6.15. The lowest BCUT2D eigenvalue weighted by Gasteiger charge is -2.04. The van der Waals surface area contributed by atoms with Crippen LogP contribution in [0.25, 0.3) is 0 Å². The van der Waals surface area contributed by atoms with E-state index in [0.29, 0.717) is 10.5 Å². The van der Waals surface area contributed by atoms with Gasteiger partial charge in [0.05, 0.1) is 0 Å². The Morgan fingerprint density at radius 2 is 2.15 bits per heavy atom. The van der Waals surface area contributed by atoms with E-state index in [1.807, 2.05) is 13.0 Å². The third-order valence-electron chi connectivity index (χ3n) is 1.56. The Balaban J connectivity index is 2.92. The van der Waals surface area contributed by atoms with E-state index in [0.717, 1.165) is 10.6 Å². The molecule has 2 nitrogen and oxygen atoms in total. The lowest BCUT2D eigenvalue weighted by atomic mass is 9.80. The highest BCUT2D eigenvalue weighted by Gasteiger charge is 2.14. The topological polar surface area (TPSA) is 40.5 Å². The quantitative estimate of drug-likeness (QED) is 0.588. The second-order valence-electron chi connectivity index (χ2n) is 2.49. The van der Waals surface area contributed by atoms with Crippen LogP contribution in [0.4, 0.5) is 0 Å². The van der Waals surface area contributed by atoms with Crippen LogP contribution in [0.1, 0.15) is 6.92 Å². The summed E-state index contributed by atoms with van der Waals surface area (Å²) in [5, 5.41) is 18.2. The van der Waals surface area contributed by atoms with Gasteiger partial charge in [0.25, 0.3) is 0 Å². The molecule has 0 aliphatic rings. The predicted octanol–water partition coefficient (Wildman–Crippen LogP) is 1.13. The van der Waals surface area contributed by atoms with Crippen LogP contribution in [0.2, 0.25) is 5.02 Å². The van der Waals surface area contributed by atoms with Crippen molar-refractivity contribution >= 4 is 35.9 Å². The molecule has 0 unspecified atom stereocenters. The van der Waals surface area contributed by atoms with Gasteiger partial charge in [0.15, 0.2) is 0 Å². The molecule has 13 heavy (non-hydrogen) atoms. The van der Waals surface area contributed by atoms with Gasteiger partial charge in [-0.3, -0.25) is 0 Å². The van der Waals surface area contributed by atoms with Gasteiger partial charge in [-0.2, -0.15) is 0 Å². The van der Waals surface area contributed by atoms with Gasteiger partial charge in [-0.15, -0.1) is 11.8 Å². The van der Waals surface area contributed by atoms with Gasteiger partial charge in [-0.1, -0.05) is 24.6 Å². The molecule has 0 aliphatic carbocycles. The zero-order chi connectivity index (χ0) is 9.84. The average molecular weight is 216 g/mol. The summed E-state index contributed by atoms with van der Waals surface area (Å²) in [6.45, 7) is 2.05. The first kappa shape index (κ1) is 10.9.